The molecule has 0 unspecified atom stereocenters. The second kappa shape index (κ2) is 5.69. The first-order valence-electron chi connectivity index (χ1n) is 5.05. The molecule has 19 heavy (non-hydrogen) atoms. The van der Waals surface area contributed by atoms with Gasteiger partial charge in [-0.15, -0.1) is 0 Å². The predicted octanol–water partition coefficient (Wildman–Crippen LogP) is 5.37. The highest BCUT2D eigenvalue weighted by molar-refractivity contribution is 9.11. The van der Waals surface area contributed by atoms with Gasteiger partial charge in [0.1, 0.15) is 0 Å². The first kappa shape index (κ1) is 14.6. The van der Waals surface area contributed by atoms with E-state index in [1.165, 1.54) is 6.07 Å². The Labute approximate surface area is 129 Å². The Bertz CT molecular complexity index is 674. The van der Waals surface area contributed by atoms with Crippen molar-refractivity contribution in [2.75, 3.05) is 0 Å². The van der Waals surface area contributed by atoms with Crippen LogP contribution in [0, 0.1) is 11.6 Å². The van der Waals surface area contributed by atoms with Crippen LogP contribution in [0.25, 0.3) is 0 Å². The van der Waals surface area contributed by atoms with Crippen LogP contribution in [0.5, 0.6) is 0 Å². The van der Waals surface area contributed by atoms with Crippen molar-refractivity contribution in [1.82, 2.24) is 0 Å². The number of rotatable bonds is 2. The van der Waals surface area contributed by atoms with Gasteiger partial charge in [0, 0.05) is 14.5 Å². The maximum Gasteiger partial charge on any atom is 0.198 e. The molecule has 0 heterocycles. The van der Waals surface area contributed by atoms with Gasteiger partial charge < -0.3 is 0 Å². The average molecular weight is 410 g/mol. The fourth-order valence-corrected chi connectivity index (χ4v) is 3.00. The molecule has 0 aliphatic carbocycles. The summed E-state index contributed by atoms with van der Waals surface area (Å²) in [6, 6.07) is 6.80. The molecule has 2 aromatic rings. The van der Waals surface area contributed by atoms with Crippen LogP contribution in [-0.2, 0) is 0 Å². The van der Waals surface area contributed by atoms with Crippen molar-refractivity contribution in [2.24, 2.45) is 0 Å². The normalized spacial score (nSPS) is 10.6. The fourth-order valence-electron chi connectivity index (χ4n) is 1.54. The lowest BCUT2D eigenvalue weighted by atomic mass is 10.0. The second-order valence-corrected chi connectivity index (χ2v) is 5.85. The molecule has 0 saturated carbocycles. The van der Waals surface area contributed by atoms with Crippen molar-refractivity contribution in [3.05, 3.63) is 67.1 Å². The predicted molar refractivity (Wildman–Crippen MR) is 76.6 cm³/mol. The van der Waals surface area contributed by atoms with Gasteiger partial charge in [-0.3, -0.25) is 4.79 Å². The molecular formula is C13H5Br2ClF2O. The summed E-state index contributed by atoms with van der Waals surface area (Å²) in [5.41, 5.74) is -0.265. The number of hydrogen-bond donors (Lipinski definition) is 0. The third kappa shape index (κ3) is 2.88. The molecule has 0 spiro atoms. The molecule has 0 aliphatic heterocycles. The minimum absolute atomic E-state index is 0.126. The molecule has 0 amide bonds. The highest BCUT2D eigenvalue weighted by atomic mass is 79.9. The van der Waals surface area contributed by atoms with Gasteiger partial charge in [-0.05, 0) is 46.3 Å². The molecule has 2 rings (SSSR count). The van der Waals surface area contributed by atoms with Crippen LogP contribution in [0.3, 0.4) is 0 Å². The Morgan fingerprint density at radius 2 is 1.79 bits per heavy atom. The number of ketones is 1. The molecular weight excluding hydrogens is 405 g/mol. The summed E-state index contributed by atoms with van der Waals surface area (Å²) in [6.07, 6.45) is 0. The Morgan fingerprint density at radius 3 is 2.42 bits per heavy atom. The van der Waals surface area contributed by atoms with Gasteiger partial charge in [0.2, 0.25) is 0 Å². The van der Waals surface area contributed by atoms with Crippen LogP contribution in [-0.4, -0.2) is 5.78 Å². The molecule has 0 saturated heterocycles. The van der Waals surface area contributed by atoms with Crippen LogP contribution in [0.15, 0.2) is 39.3 Å². The zero-order valence-corrected chi connectivity index (χ0v) is 13.1. The molecule has 0 aromatic heterocycles. The van der Waals surface area contributed by atoms with E-state index in [4.69, 9.17) is 11.6 Å². The summed E-state index contributed by atoms with van der Waals surface area (Å²) >= 11 is 12.2. The summed E-state index contributed by atoms with van der Waals surface area (Å²) in [5, 5.41) is -0.126. The third-order valence-corrected chi connectivity index (χ3v) is 3.91. The Kier molecular flexibility index (Phi) is 4.38. The number of benzene rings is 2. The van der Waals surface area contributed by atoms with E-state index >= 15 is 0 Å². The van der Waals surface area contributed by atoms with Gasteiger partial charge in [-0.2, -0.15) is 0 Å². The first-order chi connectivity index (χ1) is 8.91. The van der Waals surface area contributed by atoms with Crippen LogP contribution >= 0.6 is 43.5 Å². The molecule has 6 heteroatoms. The van der Waals surface area contributed by atoms with E-state index in [0.29, 0.717) is 4.47 Å². The molecule has 1 nitrogen and oxygen atoms in total. The zero-order chi connectivity index (χ0) is 14.2. The highest BCUT2D eigenvalue weighted by Gasteiger charge is 2.22. The lowest BCUT2D eigenvalue weighted by molar-refractivity contribution is 0.103. The molecule has 2 aromatic carbocycles. The number of carbonyl (C=O) groups is 1. The third-order valence-electron chi connectivity index (χ3n) is 2.45. The maximum atomic E-state index is 13.7. The number of hydrogen-bond acceptors (Lipinski definition) is 1. The van der Waals surface area contributed by atoms with Crippen LogP contribution in [0.2, 0.25) is 5.02 Å². The van der Waals surface area contributed by atoms with Gasteiger partial charge in [0.05, 0.1) is 10.6 Å². The summed E-state index contributed by atoms with van der Waals surface area (Å²) in [6.45, 7) is 0. The summed E-state index contributed by atoms with van der Waals surface area (Å²) in [4.78, 5) is 12.2. The van der Waals surface area contributed by atoms with E-state index < -0.39 is 23.0 Å². The van der Waals surface area contributed by atoms with Crippen molar-refractivity contribution < 1.29 is 13.6 Å². The Hall–Kier alpha value is -0.780. The van der Waals surface area contributed by atoms with E-state index in [1.54, 1.807) is 12.1 Å². The van der Waals surface area contributed by atoms with E-state index in [2.05, 4.69) is 31.9 Å². The fraction of sp³-hybridized carbons (Fsp3) is 0. The largest absolute Gasteiger partial charge is 0.288 e. The number of carbonyl (C=O) groups excluding carboxylic acids is 1. The van der Waals surface area contributed by atoms with Crippen molar-refractivity contribution in [2.45, 2.75) is 0 Å². The van der Waals surface area contributed by atoms with E-state index in [0.717, 1.165) is 16.6 Å². The Morgan fingerprint density at radius 1 is 1.11 bits per heavy atom. The molecule has 0 fully saturated rings. The minimum atomic E-state index is -1.24. The van der Waals surface area contributed by atoms with Crippen LogP contribution < -0.4 is 0 Å². The van der Waals surface area contributed by atoms with Crippen LogP contribution in [0.4, 0.5) is 8.78 Å². The highest BCUT2D eigenvalue weighted by Crippen LogP contribution is 2.29. The lowest BCUT2D eigenvalue weighted by Crippen LogP contribution is -2.07. The van der Waals surface area contributed by atoms with Crippen molar-refractivity contribution in [1.29, 1.82) is 0 Å². The molecule has 0 N–H and O–H groups in total. The van der Waals surface area contributed by atoms with Gasteiger partial charge in [0.25, 0.3) is 0 Å². The topological polar surface area (TPSA) is 17.1 Å². The quantitative estimate of drug-likeness (QED) is 0.480. The lowest BCUT2D eigenvalue weighted by Gasteiger charge is -2.08. The van der Waals surface area contributed by atoms with Crippen molar-refractivity contribution >= 4 is 49.2 Å². The standard InChI is InChI=1S/C13H5Br2ClF2O/c14-6-1-2-7(8(15)5-6)13(19)11-9(16)3-4-10(17)12(11)18/h1-5H. The van der Waals surface area contributed by atoms with Gasteiger partial charge in [-0.1, -0.05) is 27.5 Å². The maximum absolute atomic E-state index is 13.7. The number of halogens is 5. The first-order valence-corrected chi connectivity index (χ1v) is 7.01. The summed E-state index contributed by atoms with van der Waals surface area (Å²) in [5.74, 6) is -3.03. The molecule has 98 valence electrons. The summed E-state index contributed by atoms with van der Waals surface area (Å²) < 4.78 is 28.1. The smallest absolute Gasteiger partial charge is 0.198 e. The van der Waals surface area contributed by atoms with Crippen molar-refractivity contribution in [3.8, 4) is 0 Å². The molecule has 0 bridgehead atoms. The van der Waals surface area contributed by atoms with Crippen molar-refractivity contribution in [3.63, 3.8) is 0 Å². The van der Waals surface area contributed by atoms with Gasteiger partial charge in [-0.25, -0.2) is 8.78 Å². The van der Waals surface area contributed by atoms with E-state index in [1.807, 2.05) is 0 Å². The van der Waals surface area contributed by atoms with E-state index in [9.17, 15) is 13.6 Å². The van der Waals surface area contributed by atoms with Gasteiger partial charge >= 0.3 is 0 Å². The molecule has 0 radical (unpaired) electrons. The van der Waals surface area contributed by atoms with Gasteiger partial charge in [0.15, 0.2) is 17.4 Å². The second-order valence-electron chi connectivity index (χ2n) is 3.67. The van der Waals surface area contributed by atoms with E-state index in [-0.39, 0.29) is 10.6 Å². The minimum Gasteiger partial charge on any atom is -0.288 e. The monoisotopic (exact) mass is 408 g/mol. The SMILES string of the molecule is O=C(c1ccc(Br)cc1Br)c1c(Cl)ccc(F)c1F. The average Bonchev–Trinajstić information content (AvgIpc) is 2.34. The molecule has 0 atom stereocenters. The molecule has 0 aliphatic rings. The summed E-state index contributed by atoms with van der Waals surface area (Å²) in [7, 11) is 0. The van der Waals surface area contributed by atoms with Crippen LogP contribution in [0.1, 0.15) is 15.9 Å². The zero-order valence-electron chi connectivity index (χ0n) is 9.18. The Balaban J connectivity index is 2.59.